The van der Waals surface area contributed by atoms with Crippen molar-refractivity contribution in [3.63, 3.8) is 0 Å². The van der Waals surface area contributed by atoms with Crippen LogP contribution in [0.2, 0.25) is 0 Å². The third-order valence-corrected chi connectivity index (χ3v) is 7.06. The Kier molecular flexibility index (Phi) is 10.8. The summed E-state index contributed by atoms with van der Waals surface area (Å²) in [5, 5.41) is 20.5. The van der Waals surface area contributed by atoms with Crippen LogP contribution in [0.15, 0.2) is 97.1 Å². The van der Waals surface area contributed by atoms with E-state index in [2.05, 4.69) is 0 Å². The SMILES string of the molecule is COc1cc(C[C@@H](CO)[C@H](CO)Cc2ccc(OCc3ccccc3)c(OC)c2)ccc1OCc1ccccc1. The van der Waals surface area contributed by atoms with Gasteiger partial charge in [-0.05, 0) is 71.2 Å². The monoisotopic (exact) mass is 542 g/mol. The van der Waals surface area contributed by atoms with Gasteiger partial charge in [-0.25, -0.2) is 0 Å². The Bertz CT molecular complexity index is 1210. The maximum absolute atomic E-state index is 10.3. The molecule has 0 aliphatic rings. The van der Waals surface area contributed by atoms with Crippen molar-refractivity contribution in [2.45, 2.75) is 26.1 Å². The van der Waals surface area contributed by atoms with E-state index >= 15 is 0 Å². The van der Waals surface area contributed by atoms with E-state index in [0.717, 1.165) is 22.3 Å². The number of hydrogen-bond donors (Lipinski definition) is 2. The number of methoxy groups -OCH3 is 2. The van der Waals surface area contributed by atoms with E-state index in [1.54, 1.807) is 14.2 Å². The highest BCUT2D eigenvalue weighted by Gasteiger charge is 2.23. The van der Waals surface area contributed by atoms with E-state index in [-0.39, 0.29) is 25.0 Å². The first-order chi connectivity index (χ1) is 19.6. The van der Waals surface area contributed by atoms with Gasteiger partial charge in [0.15, 0.2) is 23.0 Å². The van der Waals surface area contributed by atoms with E-state index in [1.165, 1.54) is 0 Å². The molecule has 6 heteroatoms. The Morgan fingerprint density at radius 3 is 1.25 bits per heavy atom. The molecule has 2 atom stereocenters. The van der Waals surface area contributed by atoms with E-state index in [9.17, 15) is 10.2 Å². The van der Waals surface area contributed by atoms with Crippen LogP contribution in [0.25, 0.3) is 0 Å². The van der Waals surface area contributed by atoms with Crippen LogP contribution in [0.4, 0.5) is 0 Å². The van der Waals surface area contributed by atoms with E-state index < -0.39 is 0 Å². The second kappa shape index (κ2) is 15.0. The van der Waals surface area contributed by atoms with Gasteiger partial charge in [-0.15, -0.1) is 0 Å². The molecule has 0 amide bonds. The van der Waals surface area contributed by atoms with Gasteiger partial charge in [-0.3, -0.25) is 0 Å². The van der Waals surface area contributed by atoms with Crippen LogP contribution in [0, 0.1) is 11.8 Å². The Balaban J connectivity index is 1.40. The summed E-state index contributed by atoms with van der Waals surface area (Å²) in [6.45, 7) is 0.800. The third-order valence-electron chi connectivity index (χ3n) is 7.06. The minimum Gasteiger partial charge on any atom is -0.493 e. The van der Waals surface area contributed by atoms with Crippen molar-refractivity contribution in [2.75, 3.05) is 27.4 Å². The van der Waals surface area contributed by atoms with Gasteiger partial charge in [-0.1, -0.05) is 72.8 Å². The maximum Gasteiger partial charge on any atom is 0.161 e. The van der Waals surface area contributed by atoms with Crippen LogP contribution in [-0.4, -0.2) is 37.6 Å². The molecule has 0 aliphatic heterocycles. The van der Waals surface area contributed by atoms with Crippen LogP contribution in [0.5, 0.6) is 23.0 Å². The molecule has 4 aromatic rings. The van der Waals surface area contributed by atoms with Gasteiger partial charge >= 0.3 is 0 Å². The Hall–Kier alpha value is -4.00. The predicted molar refractivity (Wildman–Crippen MR) is 156 cm³/mol. The third kappa shape index (κ3) is 8.01. The molecule has 4 aromatic carbocycles. The lowest BCUT2D eigenvalue weighted by atomic mass is 9.83. The first-order valence-electron chi connectivity index (χ1n) is 13.5. The van der Waals surface area contributed by atoms with Gasteiger partial charge < -0.3 is 29.2 Å². The molecule has 0 aromatic heterocycles. The van der Waals surface area contributed by atoms with Crippen molar-refractivity contribution in [3.05, 3.63) is 119 Å². The first-order valence-corrected chi connectivity index (χ1v) is 13.5. The molecule has 0 fully saturated rings. The summed E-state index contributed by atoms with van der Waals surface area (Å²) in [6.07, 6.45) is 1.18. The highest BCUT2D eigenvalue weighted by molar-refractivity contribution is 5.44. The molecule has 0 aliphatic carbocycles. The maximum atomic E-state index is 10.3. The normalized spacial score (nSPS) is 12.4. The number of rotatable bonds is 15. The Labute approximate surface area is 236 Å². The molecule has 0 spiro atoms. The molecular weight excluding hydrogens is 504 g/mol. The van der Waals surface area contributed by atoms with Crippen LogP contribution < -0.4 is 18.9 Å². The number of ether oxygens (including phenoxy) is 4. The Morgan fingerprint density at radius 1 is 0.500 bits per heavy atom. The second-order valence-electron chi connectivity index (χ2n) is 9.81. The summed E-state index contributed by atoms with van der Waals surface area (Å²) in [4.78, 5) is 0. The average Bonchev–Trinajstić information content (AvgIpc) is 3.02. The number of aliphatic hydroxyl groups is 2. The largest absolute Gasteiger partial charge is 0.493 e. The van der Waals surface area contributed by atoms with Gasteiger partial charge in [0.1, 0.15) is 13.2 Å². The van der Waals surface area contributed by atoms with Crippen LogP contribution >= 0.6 is 0 Å². The molecule has 40 heavy (non-hydrogen) atoms. The Morgan fingerprint density at radius 2 is 0.900 bits per heavy atom. The number of benzene rings is 4. The molecule has 0 bridgehead atoms. The zero-order valence-corrected chi connectivity index (χ0v) is 23.2. The highest BCUT2D eigenvalue weighted by Crippen LogP contribution is 2.33. The molecule has 0 unspecified atom stereocenters. The summed E-state index contributed by atoms with van der Waals surface area (Å²) in [6, 6.07) is 31.6. The van der Waals surface area contributed by atoms with Crippen LogP contribution in [0.3, 0.4) is 0 Å². The lowest BCUT2D eigenvalue weighted by Crippen LogP contribution is -2.26. The van der Waals surface area contributed by atoms with Crippen molar-refractivity contribution < 1.29 is 29.2 Å². The molecule has 0 radical (unpaired) electrons. The highest BCUT2D eigenvalue weighted by atomic mass is 16.5. The lowest BCUT2D eigenvalue weighted by molar-refractivity contribution is 0.119. The first kappa shape index (κ1) is 29.0. The molecule has 6 nitrogen and oxygen atoms in total. The smallest absolute Gasteiger partial charge is 0.161 e. The van der Waals surface area contributed by atoms with Gasteiger partial charge in [0, 0.05) is 13.2 Å². The molecule has 0 heterocycles. The van der Waals surface area contributed by atoms with Gasteiger partial charge in [0.25, 0.3) is 0 Å². The summed E-state index contributed by atoms with van der Waals surface area (Å²) < 4.78 is 23.2. The van der Waals surface area contributed by atoms with Gasteiger partial charge in [0.2, 0.25) is 0 Å². The zero-order chi connectivity index (χ0) is 28.2. The fourth-order valence-corrected chi connectivity index (χ4v) is 4.75. The van der Waals surface area contributed by atoms with Gasteiger partial charge in [-0.2, -0.15) is 0 Å². The number of aliphatic hydroxyl groups excluding tert-OH is 2. The number of hydrogen-bond acceptors (Lipinski definition) is 6. The fraction of sp³-hybridized carbons (Fsp3) is 0.294. The molecule has 2 N–H and O–H groups in total. The fourth-order valence-electron chi connectivity index (χ4n) is 4.75. The van der Waals surface area contributed by atoms with Crippen molar-refractivity contribution in [3.8, 4) is 23.0 Å². The molecule has 4 rings (SSSR count). The quantitative estimate of drug-likeness (QED) is 0.196. The van der Waals surface area contributed by atoms with E-state index in [4.69, 9.17) is 18.9 Å². The standard InChI is InChI=1S/C34H38O6/c1-37-33-19-27(13-15-31(33)39-23-25-9-5-3-6-10-25)17-29(21-35)30(22-36)18-28-14-16-32(34(20-28)38-2)40-24-26-11-7-4-8-12-26/h3-16,19-20,29-30,35-36H,17-18,21-24H2,1-2H3/t29-,30-/m0/s1. The zero-order valence-electron chi connectivity index (χ0n) is 23.2. The second-order valence-corrected chi connectivity index (χ2v) is 9.81. The summed E-state index contributed by atoms with van der Waals surface area (Å²) >= 11 is 0. The van der Waals surface area contributed by atoms with Crippen molar-refractivity contribution in [2.24, 2.45) is 11.8 Å². The summed E-state index contributed by atoms with van der Waals surface area (Å²) in [7, 11) is 3.24. The topological polar surface area (TPSA) is 77.4 Å². The molecular formula is C34H38O6. The van der Waals surface area contributed by atoms with Crippen molar-refractivity contribution >= 4 is 0 Å². The average molecular weight is 543 g/mol. The predicted octanol–water partition coefficient (Wildman–Crippen LogP) is 5.86. The molecule has 0 saturated heterocycles. The minimum absolute atomic E-state index is 0.0464. The van der Waals surface area contributed by atoms with Crippen molar-refractivity contribution in [1.29, 1.82) is 0 Å². The van der Waals surface area contributed by atoms with Crippen molar-refractivity contribution in [1.82, 2.24) is 0 Å². The summed E-state index contributed by atoms with van der Waals surface area (Å²) in [5.74, 6) is 2.31. The molecule has 0 saturated carbocycles. The lowest BCUT2D eigenvalue weighted by Gasteiger charge is -2.25. The van der Waals surface area contributed by atoms with Gasteiger partial charge in [0.05, 0.1) is 14.2 Å². The van der Waals surface area contributed by atoms with Crippen LogP contribution in [0.1, 0.15) is 22.3 Å². The van der Waals surface area contributed by atoms with E-state index in [1.807, 2.05) is 97.1 Å². The van der Waals surface area contributed by atoms with E-state index in [0.29, 0.717) is 49.1 Å². The summed E-state index contributed by atoms with van der Waals surface area (Å²) in [5.41, 5.74) is 4.16. The van der Waals surface area contributed by atoms with Crippen LogP contribution in [-0.2, 0) is 26.1 Å². The minimum atomic E-state index is -0.147. The molecule has 210 valence electrons.